The molecule has 270 valence electrons. The molecule has 2 aromatic carbocycles. The standard InChI is InChI=1S/C22H29N3O.C21H27N3O/c1-5-23(6-2)22(26)17-12-19-18-9-7-8-16-10-11-24(21(16)18)14-20(19)25(13-17)15(3)4;1-4-22(5-2)21(25)16-12-18-17-9-7-8-15-10-11-24(20(15)17)14-19(18)23(6-3)13-16/h7-12,15,17,20H,5-6,13-14H2,1-4H3;7-12,16,19H,4-6,13-14H2,1-3H3/t17-,20?;16-,19?/m11/s1. The Balaban J connectivity index is 0.000000159. The van der Waals surface area contributed by atoms with Gasteiger partial charge in [0.1, 0.15) is 0 Å². The molecule has 4 aliphatic rings. The number of aromatic nitrogens is 2. The first kappa shape index (κ1) is 35.3. The van der Waals surface area contributed by atoms with Gasteiger partial charge < -0.3 is 18.9 Å². The molecule has 6 heterocycles. The number of hydrogen-bond acceptors (Lipinski definition) is 4. The van der Waals surface area contributed by atoms with Crippen LogP contribution in [0, 0.1) is 11.8 Å². The molecule has 8 rings (SSSR count). The molecule has 0 spiro atoms. The molecule has 0 radical (unpaired) electrons. The second kappa shape index (κ2) is 14.5. The van der Waals surface area contributed by atoms with Crippen molar-refractivity contribution in [1.29, 1.82) is 0 Å². The second-order valence-corrected chi connectivity index (χ2v) is 14.8. The number of carbonyl (C=O) groups excluding carboxylic acids is 2. The van der Waals surface area contributed by atoms with Crippen molar-refractivity contribution < 1.29 is 9.59 Å². The van der Waals surface area contributed by atoms with Gasteiger partial charge in [0.2, 0.25) is 11.8 Å². The first-order valence-electron chi connectivity index (χ1n) is 19.4. The largest absolute Gasteiger partial charge is 0.345 e. The first-order chi connectivity index (χ1) is 24.7. The van der Waals surface area contributed by atoms with Gasteiger partial charge in [-0.3, -0.25) is 19.4 Å². The number of rotatable bonds is 8. The van der Waals surface area contributed by atoms with Crippen molar-refractivity contribution >= 4 is 44.8 Å². The van der Waals surface area contributed by atoms with E-state index in [2.05, 4.69) is 140 Å². The molecular formula is C43H56N6O2. The summed E-state index contributed by atoms with van der Waals surface area (Å²) in [6.45, 7) is 22.6. The highest BCUT2D eigenvalue weighted by atomic mass is 16.2. The zero-order valence-corrected chi connectivity index (χ0v) is 31.7. The predicted octanol–water partition coefficient (Wildman–Crippen LogP) is 6.84. The number of benzene rings is 2. The van der Waals surface area contributed by atoms with Crippen molar-refractivity contribution in [2.45, 2.75) is 79.7 Å². The van der Waals surface area contributed by atoms with Crippen LogP contribution in [0.25, 0.3) is 33.0 Å². The fourth-order valence-corrected chi connectivity index (χ4v) is 9.25. The highest BCUT2D eigenvalue weighted by Gasteiger charge is 2.39. The van der Waals surface area contributed by atoms with E-state index in [1.807, 2.05) is 9.80 Å². The highest BCUT2D eigenvalue weighted by molar-refractivity contribution is 5.97. The van der Waals surface area contributed by atoms with Gasteiger partial charge in [0.05, 0.1) is 35.0 Å². The van der Waals surface area contributed by atoms with Gasteiger partial charge in [0.25, 0.3) is 0 Å². The van der Waals surface area contributed by atoms with Gasteiger partial charge in [-0.2, -0.15) is 0 Å². The Hall–Kier alpha value is -4.14. The maximum absolute atomic E-state index is 13.1. The van der Waals surface area contributed by atoms with E-state index in [9.17, 15) is 9.59 Å². The van der Waals surface area contributed by atoms with Crippen molar-refractivity contribution in [3.63, 3.8) is 0 Å². The summed E-state index contributed by atoms with van der Waals surface area (Å²) in [5, 5.41) is 2.58. The Morgan fingerprint density at radius 2 is 1.12 bits per heavy atom. The Bertz CT molecular complexity index is 1970. The molecule has 4 aliphatic heterocycles. The summed E-state index contributed by atoms with van der Waals surface area (Å²) in [5.41, 5.74) is 7.91. The maximum Gasteiger partial charge on any atom is 0.230 e. The average molecular weight is 689 g/mol. The topological polar surface area (TPSA) is 57.0 Å². The minimum absolute atomic E-state index is 0.0390. The van der Waals surface area contributed by atoms with Crippen LogP contribution in [0.15, 0.2) is 73.1 Å². The summed E-state index contributed by atoms with van der Waals surface area (Å²) in [4.78, 5) is 35.0. The summed E-state index contributed by atoms with van der Waals surface area (Å²) < 4.78 is 4.76. The zero-order chi connectivity index (χ0) is 36.0. The van der Waals surface area contributed by atoms with Crippen molar-refractivity contribution in [2.24, 2.45) is 11.8 Å². The molecule has 0 saturated heterocycles. The molecule has 2 amide bonds. The Kier molecular flexibility index (Phi) is 10.0. The van der Waals surface area contributed by atoms with Crippen LogP contribution >= 0.6 is 0 Å². The third-order valence-corrected chi connectivity index (χ3v) is 12.0. The fourth-order valence-electron chi connectivity index (χ4n) is 9.25. The summed E-state index contributed by atoms with van der Waals surface area (Å²) in [5.74, 6) is 0.436. The van der Waals surface area contributed by atoms with Gasteiger partial charge in [0, 0.05) is 92.7 Å². The van der Waals surface area contributed by atoms with E-state index in [0.29, 0.717) is 18.1 Å². The molecule has 4 aromatic rings. The Labute approximate surface area is 304 Å². The van der Waals surface area contributed by atoms with Crippen LogP contribution in [0.5, 0.6) is 0 Å². The quantitative estimate of drug-likeness (QED) is 0.204. The van der Waals surface area contributed by atoms with Crippen LogP contribution in [-0.4, -0.2) is 104 Å². The normalized spacial score (nSPS) is 22.5. The van der Waals surface area contributed by atoms with E-state index in [0.717, 1.165) is 58.9 Å². The average Bonchev–Trinajstić information content (AvgIpc) is 3.77. The monoisotopic (exact) mass is 688 g/mol. The summed E-state index contributed by atoms with van der Waals surface area (Å²) in [6, 6.07) is 18.6. The molecule has 2 aromatic heterocycles. The van der Waals surface area contributed by atoms with E-state index in [1.54, 1.807) is 0 Å². The molecule has 0 saturated carbocycles. The number of amides is 2. The van der Waals surface area contributed by atoms with Gasteiger partial charge in [-0.25, -0.2) is 0 Å². The minimum Gasteiger partial charge on any atom is -0.345 e. The van der Waals surface area contributed by atoms with Gasteiger partial charge in [0.15, 0.2) is 0 Å². The molecule has 2 unspecified atom stereocenters. The van der Waals surface area contributed by atoms with Crippen molar-refractivity contribution in [2.75, 3.05) is 45.8 Å². The number of hydrogen-bond donors (Lipinski definition) is 0. The molecule has 8 heteroatoms. The van der Waals surface area contributed by atoms with E-state index in [1.165, 1.54) is 44.1 Å². The SMILES string of the molecule is CCN(CC)C(=O)[C@@H]1C=C2c3cccc4ccn(c34)CC2N(C(C)C)C1.CCN(CC)C(=O)[C@@H]1C=C2c3cccc4ccn(c34)CC2N(CC)C1. The van der Waals surface area contributed by atoms with E-state index in [-0.39, 0.29) is 23.7 Å². The Morgan fingerprint density at radius 3 is 1.59 bits per heavy atom. The lowest BCUT2D eigenvalue weighted by atomic mass is 9.84. The smallest absolute Gasteiger partial charge is 0.230 e. The van der Waals surface area contributed by atoms with Crippen LogP contribution in [0.4, 0.5) is 0 Å². The van der Waals surface area contributed by atoms with Crippen molar-refractivity contribution in [3.05, 3.63) is 84.2 Å². The number of para-hydroxylation sites is 2. The number of likely N-dealkylation sites (N-methyl/N-ethyl adjacent to an activating group) is 1. The van der Waals surface area contributed by atoms with Crippen molar-refractivity contribution in [3.8, 4) is 0 Å². The minimum atomic E-state index is -0.0553. The number of carbonyl (C=O) groups is 2. The van der Waals surface area contributed by atoms with Crippen LogP contribution in [0.1, 0.15) is 59.6 Å². The molecule has 0 bridgehead atoms. The number of fused-ring (bicyclic) bond motifs is 4. The second-order valence-electron chi connectivity index (χ2n) is 14.8. The first-order valence-corrected chi connectivity index (χ1v) is 19.4. The van der Waals surface area contributed by atoms with E-state index < -0.39 is 0 Å². The lowest BCUT2D eigenvalue weighted by Crippen LogP contribution is -2.52. The van der Waals surface area contributed by atoms with Gasteiger partial charge >= 0.3 is 0 Å². The Morgan fingerprint density at radius 1 is 0.647 bits per heavy atom. The van der Waals surface area contributed by atoms with E-state index in [4.69, 9.17) is 0 Å². The lowest BCUT2D eigenvalue weighted by Gasteiger charge is -2.44. The highest BCUT2D eigenvalue weighted by Crippen LogP contribution is 2.41. The zero-order valence-electron chi connectivity index (χ0n) is 31.7. The molecule has 51 heavy (non-hydrogen) atoms. The predicted molar refractivity (Wildman–Crippen MR) is 209 cm³/mol. The van der Waals surface area contributed by atoms with Crippen LogP contribution in [-0.2, 0) is 22.7 Å². The molecule has 0 N–H and O–H groups in total. The summed E-state index contributed by atoms with van der Waals surface area (Å²) in [6.07, 6.45) is 8.95. The van der Waals surface area contributed by atoms with Gasteiger partial charge in [-0.05, 0) is 71.4 Å². The molecule has 4 atom stereocenters. The van der Waals surface area contributed by atoms with E-state index >= 15 is 0 Å². The molecular weight excluding hydrogens is 633 g/mol. The van der Waals surface area contributed by atoms with Crippen LogP contribution in [0.2, 0.25) is 0 Å². The number of nitrogens with zero attached hydrogens (tertiary/aromatic N) is 6. The molecule has 0 fully saturated rings. The van der Waals surface area contributed by atoms with Gasteiger partial charge in [-0.1, -0.05) is 55.5 Å². The van der Waals surface area contributed by atoms with Crippen LogP contribution < -0.4 is 0 Å². The fraction of sp³-hybridized carbons (Fsp3) is 0.488. The third-order valence-electron chi connectivity index (χ3n) is 12.0. The van der Waals surface area contributed by atoms with Crippen LogP contribution in [0.3, 0.4) is 0 Å². The van der Waals surface area contributed by atoms with Gasteiger partial charge in [-0.15, -0.1) is 0 Å². The lowest BCUT2D eigenvalue weighted by molar-refractivity contribution is -0.135. The van der Waals surface area contributed by atoms with Crippen molar-refractivity contribution in [1.82, 2.24) is 28.7 Å². The maximum atomic E-state index is 13.1. The third kappa shape index (κ3) is 6.14. The molecule has 0 aliphatic carbocycles. The molecule has 8 nitrogen and oxygen atoms in total. The summed E-state index contributed by atoms with van der Waals surface area (Å²) in [7, 11) is 0. The summed E-state index contributed by atoms with van der Waals surface area (Å²) >= 11 is 0.